The highest BCUT2D eigenvalue weighted by atomic mass is 16.2. The summed E-state index contributed by atoms with van der Waals surface area (Å²) >= 11 is 0. The number of hydrogen-bond donors (Lipinski definition) is 2. The number of nitrogens with zero attached hydrogens (tertiary/aromatic N) is 1. The normalized spacial score (nSPS) is 13.7. The molecule has 21 heavy (non-hydrogen) atoms. The molecule has 1 aromatic heterocycles. The lowest BCUT2D eigenvalue weighted by Gasteiger charge is -2.17. The number of hydrogen-bond acceptors (Lipinski definition) is 3. The van der Waals surface area contributed by atoms with Gasteiger partial charge in [-0.15, -0.1) is 0 Å². The molecule has 0 aliphatic rings. The predicted octanol–water partition coefficient (Wildman–Crippen LogP) is 2.68. The Morgan fingerprint density at radius 3 is 2.43 bits per heavy atom. The molecule has 1 heterocycles. The summed E-state index contributed by atoms with van der Waals surface area (Å²) < 4.78 is 1.25. The van der Waals surface area contributed by atoms with Crippen LogP contribution in [0.2, 0.25) is 0 Å². The van der Waals surface area contributed by atoms with Crippen molar-refractivity contribution in [3.05, 3.63) is 62.8 Å². The van der Waals surface area contributed by atoms with E-state index in [2.05, 4.69) is 10.3 Å². The van der Waals surface area contributed by atoms with Gasteiger partial charge in [-0.2, -0.15) is 0 Å². The van der Waals surface area contributed by atoms with Crippen LogP contribution in [0.4, 0.5) is 5.82 Å². The molecule has 1 aromatic carbocycles. The zero-order valence-corrected chi connectivity index (χ0v) is 12.6. The maximum atomic E-state index is 12.1. The first-order valence-electron chi connectivity index (χ1n) is 7.20. The molecule has 0 bridgehead atoms. The first-order valence-corrected chi connectivity index (χ1v) is 7.20. The number of H-pyrrole nitrogens is 1. The standard InChI is InChI=1S/C16H21N3O2/c1-4-11(2)19-15(20)10-14(18-16(19)21)17-12(3)13-8-6-5-7-9-13/h5-12,17H,4H2,1-3H3,(H,18,21). The van der Waals surface area contributed by atoms with Crippen LogP contribution in [0.1, 0.15) is 44.8 Å². The molecule has 2 rings (SSSR count). The van der Waals surface area contributed by atoms with E-state index < -0.39 is 0 Å². The van der Waals surface area contributed by atoms with E-state index in [1.165, 1.54) is 10.6 Å². The Labute approximate surface area is 123 Å². The first-order chi connectivity index (χ1) is 10.0. The van der Waals surface area contributed by atoms with Gasteiger partial charge in [0.1, 0.15) is 5.82 Å². The minimum Gasteiger partial charge on any atom is -0.365 e. The third-order valence-corrected chi connectivity index (χ3v) is 3.67. The summed E-state index contributed by atoms with van der Waals surface area (Å²) in [4.78, 5) is 26.9. The highest BCUT2D eigenvalue weighted by Crippen LogP contribution is 2.16. The van der Waals surface area contributed by atoms with E-state index >= 15 is 0 Å². The van der Waals surface area contributed by atoms with Crippen LogP contribution in [0.25, 0.3) is 0 Å². The summed E-state index contributed by atoms with van der Waals surface area (Å²) in [6.45, 7) is 5.78. The second-order valence-electron chi connectivity index (χ2n) is 5.23. The third kappa shape index (κ3) is 3.42. The summed E-state index contributed by atoms with van der Waals surface area (Å²) in [6.07, 6.45) is 0.732. The van der Waals surface area contributed by atoms with Crippen molar-refractivity contribution in [1.29, 1.82) is 0 Å². The number of rotatable bonds is 5. The van der Waals surface area contributed by atoms with Gasteiger partial charge in [-0.25, -0.2) is 4.79 Å². The Bertz CT molecular complexity index is 672. The second kappa shape index (κ2) is 6.43. The van der Waals surface area contributed by atoms with Gasteiger partial charge >= 0.3 is 5.69 Å². The predicted molar refractivity (Wildman–Crippen MR) is 84.8 cm³/mol. The molecule has 0 spiro atoms. The van der Waals surface area contributed by atoms with E-state index in [9.17, 15) is 9.59 Å². The molecule has 0 amide bonds. The molecule has 0 aliphatic heterocycles. The molecule has 2 aromatic rings. The lowest BCUT2D eigenvalue weighted by atomic mass is 10.1. The molecule has 0 fully saturated rings. The van der Waals surface area contributed by atoms with Crippen molar-refractivity contribution < 1.29 is 0 Å². The first kappa shape index (κ1) is 15.1. The van der Waals surface area contributed by atoms with E-state index in [-0.39, 0.29) is 23.3 Å². The quantitative estimate of drug-likeness (QED) is 0.888. The van der Waals surface area contributed by atoms with Crippen LogP contribution in [0, 0.1) is 0 Å². The average molecular weight is 287 g/mol. The highest BCUT2D eigenvalue weighted by molar-refractivity contribution is 5.36. The maximum absolute atomic E-state index is 12.1. The number of aromatic nitrogens is 2. The Morgan fingerprint density at radius 2 is 1.86 bits per heavy atom. The molecule has 0 saturated heterocycles. The van der Waals surface area contributed by atoms with E-state index in [4.69, 9.17) is 0 Å². The number of aromatic amines is 1. The van der Waals surface area contributed by atoms with E-state index in [1.807, 2.05) is 51.1 Å². The molecule has 2 N–H and O–H groups in total. The zero-order valence-electron chi connectivity index (χ0n) is 12.6. The summed E-state index contributed by atoms with van der Waals surface area (Å²) in [5.74, 6) is 0.445. The lowest BCUT2D eigenvalue weighted by molar-refractivity contribution is 0.490. The lowest BCUT2D eigenvalue weighted by Crippen LogP contribution is -2.37. The van der Waals surface area contributed by atoms with E-state index in [1.54, 1.807) is 0 Å². The average Bonchev–Trinajstić information content (AvgIpc) is 2.47. The molecule has 5 heteroatoms. The van der Waals surface area contributed by atoms with Crippen molar-refractivity contribution in [2.24, 2.45) is 0 Å². The van der Waals surface area contributed by atoms with Gasteiger partial charge in [0.25, 0.3) is 5.56 Å². The van der Waals surface area contributed by atoms with Crippen molar-refractivity contribution in [3.8, 4) is 0 Å². The number of benzene rings is 1. The van der Waals surface area contributed by atoms with Gasteiger partial charge in [-0.1, -0.05) is 37.3 Å². The SMILES string of the molecule is CCC(C)n1c(=O)cc(NC(C)c2ccccc2)[nH]c1=O. The van der Waals surface area contributed by atoms with Gasteiger partial charge in [-0.05, 0) is 25.8 Å². The van der Waals surface area contributed by atoms with Crippen molar-refractivity contribution in [3.63, 3.8) is 0 Å². The maximum Gasteiger partial charge on any atom is 0.330 e. The van der Waals surface area contributed by atoms with Gasteiger partial charge in [-0.3, -0.25) is 14.3 Å². The van der Waals surface area contributed by atoms with Crippen LogP contribution in [-0.2, 0) is 0 Å². The molecule has 0 saturated carbocycles. The van der Waals surface area contributed by atoms with Crippen LogP contribution in [0.5, 0.6) is 0 Å². The fraction of sp³-hybridized carbons (Fsp3) is 0.375. The molecule has 0 aliphatic carbocycles. The molecule has 2 atom stereocenters. The van der Waals surface area contributed by atoms with Gasteiger partial charge in [0.2, 0.25) is 0 Å². The Kier molecular flexibility index (Phi) is 4.62. The smallest absolute Gasteiger partial charge is 0.330 e. The van der Waals surface area contributed by atoms with Crippen LogP contribution >= 0.6 is 0 Å². The van der Waals surface area contributed by atoms with Gasteiger partial charge < -0.3 is 5.32 Å². The van der Waals surface area contributed by atoms with Crippen molar-refractivity contribution in [1.82, 2.24) is 9.55 Å². The Morgan fingerprint density at radius 1 is 1.19 bits per heavy atom. The van der Waals surface area contributed by atoms with Crippen LogP contribution in [-0.4, -0.2) is 9.55 Å². The fourth-order valence-corrected chi connectivity index (χ4v) is 2.24. The second-order valence-corrected chi connectivity index (χ2v) is 5.23. The molecular weight excluding hydrogens is 266 g/mol. The topological polar surface area (TPSA) is 66.9 Å². The highest BCUT2D eigenvalue weighted by Gasteiger charge is 2.11. The van der Waals surface area contributed by atoms with Crippen LogP contribution in [0.3, 0.4) is 0 Å². The number of nitrogens with one attached hydrogen (secondary N) is 2. The summed E-state index contributed by atoms with van der Waals surface area (Å²) in [7, 11) is 0. The third-order valence-electron chi connectivity index (χ3n) is 3.67. The Hall–Kier alpha value is -2.30. The molecule has 0 radical (unpaired) electrons. The van der Waals surface area contributed by atoms with E-state index in [0.717, 1.165) is 12.0 Å². The van der Waals surface area contributed by atoms with E-state index in [0.29, 0.717) is 5.82 Å². The summed E-state index contributed by atoms with van der Waals surface area (Å²) in [6, 6.07) is 11.2. The van der Waals surface area contributed by atoms with Crippen molar-refractivity contribution in [2.45, 2.75) is 39.3 Å². The molecule has 5 nitrogen and oxygen atoms in total. The zero-order chi connectivity index (χ0) is 15.4. The minimum atomic E-state index is -0.375. The number of anilines is 1. The largest absolute Gasteiger partial charge is 0.365 e. The van der Waals surface area contributed by atoms with Crippen molar-refractivity contribution in [2.75, 3.05) is 5.32 Å². The van der Waals surface area contributed by atoms with Gasteiger partial charge in [0, 0.05) is 18.2 Å². The molecule has 2 unspecified atom stereocenters. The van der Waals surface area contributed by atoms with Crippen molar-refractivity contribution >= 4 is 5.82 Å². The minimum absolute atomic E-state index is 0.000647. The Balaban J connectivity index is 2.27. The van der Waals surface area contributed by atoms with Gasteiger partial charge in [0.15, 0.2) is 0 Å². The summed E-state index contributed by atoms with van der Waals surface area (Å²) in [5.41, 5.74) is 0.430. The van der Waals surface area contributed by atoms with Crippen LogP contribution < -0.4 is 16.6 Å². The molecule has 112 valence electrons. The van der Waals surface area contributed by atoms with Gasteiger partial charge in [0.05, 0.1) is 0 Å². The molecular formula is C16H21N3O2. The summed E-state index contributed by atoms with van der Waals surface area (Å²) in [5, 5.41) is 3.16. The fourth-order valence-electron chi connectivity index (χ4n) is 2.24. The monoisotopic (exact) mass is 287 g/mol. The van der Waals surface area contributed by atoms with Crippen LogP contribution in [0.15, 0.2) is 46.0 Å².